The first kappa shape index (κ1) is 22.9. The Morgan fingerprint density at radius 1 is 1.07 bits per heavy atom. The molecular formula is C20H40N6O2. The summed E-state index contributed by atoms with van der Waals surface area (Å²) in [5.74, 6) is 1.71. The molecule has 8 nitrogen and oxygen atoms in total. The van der Waals surface area contributed by atoms with Crippen LogP contribution in [0.5, 0.6) is 0 Å². The van der Waals surface area contributed by atoms with Crippen LogP contribution in [0.4, 0.5) is 0 Å². The summed E-state index contributed by atoms with van der Waals surface area (Å²) in [7, 11) is 1.83. The number of hydrogen-bond donors (Lipinski definition) is 2. The Labute approximate surface area is 170 Å². The molecule has 0 aromatic carbocycles. The van der Waals surface area contributed by atoms with E-state index in [-0.39, 0.29) is 5.91 Å². The number of piperazine rings is 1. The second kappa shape index (κ2) is 12.2. The molecule has 0 aromatic heterocycles. The molecular weight excluding hydrogens is 356 g/mol. The molecule has 0 aromatic rings. The van der Waals surface area contributed by atoms with E-state index in [1.165, 1.54) is 6.42 Å². The molecule has 162 valence electrons. The molecule has 2 aliphatic heterocycles. The molecule has 2 fully saturated rings. The minimum Gasteiger partial charge on any atom is -0.379 e. The lowest BCUT2D eigenvalue weighted by atomic mass is 10.0. The Morgan fingerprint density at radius 3 is 2.32 bits per heavy atom. The number of morpholine rings is 1. The first-order valence-electron chi connectivity index (χ1n) is 10.7. The highest BCUT2D eigenvalue weighted by atomic mass is 16.5. The number of carbonyl (C=O) groups excluding carboxylic acids is 1. The lowest BCUT2D eigenvalue weighted by Gasteiger charge is -2.36. The quantitative estimate of drug-likeness (QED) is 0.447. The predicted octanol–water partition coefficient (Wildman–Crippen LogP) is 0.0624. The number of amides is 1. The SMILES string of the molecule is CN=C(NCCN1CCN(C(C)=O)CC1)NCC(CC(C)C)N1CCOCC1. The van der Waals surface area contributed by atoms with Gasteiger partial charge in [-0.3, -0.25) is 19.6 Å². The summed E-state index contributed by atoms with van der Waals surface area (Å²) in [6, 6.07) is 0.502. The molecule has 0 bridgehead atoms. The van der Waals surface area contributed by atoms with Crippen molar-refractivity contribution in [1.82, 2.24) is 25.3 Å². The molecule has 2 N–H and O–H groups in total. The van der Waals surface area contributed by atoms with Crippen LogP contribution in [-0.4, -0.2) is 112 Å². The van der Waals surface area contributed by atoms with E-state index in [1.807, 2.05) is 11.9 Å². The number of ether oxygens (including phenoxy) is 1. The fourth-order valence-electron chi connectivity index (χ4n) is 3.90. The van der Waals surface area contributed by atoms with Gasteiger partial charge >= 0.3 is 0 Å². The molecule has 0 radical (unpaired) electrons. The topological polar surface area (TPSA) is 72.4 Å². The van der Waals surface area contributed by atoms with Crippen molar-refractivity contribution in [3.8, 4) is 0 Å². The van der Waals surface area contributed by atoms with Gasteiger partial charge in [-0.1, -0.05) is 13.8 Å². The summed E-state index contributed by atoms with van der Waals surface area (Å²) in [5.41, 5.74) is 0. The van der Waals surface area contributed by atoms with Crippen LogP contribution >= 0.6 is 0 Å². The smallest absolute Gasteiger partial charge is 0.219 e. The van der Waals surface area contributed by atoms with Gasteiger partial charge in [0.2, 0.25) is 5.91 Å². The molecule has 28 heavy (non-hydrogen) atoms. The van der Waals surface area contributed by atoms with Crippen LogP contribution in [0.25, 0.3) is 0 Å². The Morgan fingerprint density at radius 2 is 1.75 bits per heavy atom. The maximum Gasteiger partial charge on any atom is 0.219 e. The normalized spacial score (nSPS) is 21.0. The van der Waals surface area contributed by atoms with Crippen molar-refractivity contribution in [2.75, 3.05) is 79.2 Å². The minimum absolute atomic E-state index is 0.179. The Balaban J connectivity index is 1.70. The van der Waals surface area contributed by atoms with E-state index in [9.17, 15) is 4.79 Å². The lowest BCUT2D eigenvalue weighted by Crippen LogP contribution is -2.52. The van der Waals surface area contributed by atoms with E-state index < -0.39 is 0 Å². The summed E-state index contributed by atoms with van der Waals surface area (Å²) < 4.78 is 5.51. The Kier molecular flexibility index (Phi) is 10.0. The summed E-state index contributed by atoms with van der Waals surface area (Å²) in [5, 5.41) is 6.95. The number of aliphatic imine (C=N–C) groups is 1. The van der Waals surface area contributed by atoms with E-state index in [1.54, 1.807) is 6.92 Å². The number of rotatable bonds is 8. The first-order chi connectivity index (χ1) is 13.5. The van der Waals surface area contributed by atoms with Crippen molar-refractivity contribution < 1.29 is 9.53 Å². The Bertz CT molecular complexity index is 485. The third kappa shape index (κ3) is 7.93. The van der Waals surface area contributed by atoms with Crippen LogP contribution in [-0.2, 0) is 9.53 Å². The third-order valence-corrected chi connectivity index (χ3v) is 5.57. The number of nitrogens with one attached hydrogen (secondary N) is 2. The number of hydrogen-bond acceptors (Lipinski definition) is 5. The van der Waals surface area contributed by atoms with Crippen LogP contribution in [0.3, 0.4) is 0 Å². The molecule has 2 saturated heterocycles. The first-order valence-corrected chi connectivity index (χ1v) is 10.7. The van der Waals surface area contributed by atoms with Crippen molar-refractivity contribution in [3.63, 3.8) is 0 Å². The van der Waals surface area contributed by atoms with Gasteiger partial charge in [0, 0.05) is 78.9 Å². The van der Waals surface area contributed by atoms with Gasteiger partial charge in [0.15, 0.2) is 5.96 Å². The third-order valence-electron chi connectivity index (χ3n) is 5.57. The predicted molar refractivity (Wildman–Crippen MR) is 114 cm³/mol. The molecule has 1 atom stereocenters. The molecule has 2 rings (SSSR count). The highest BCUT2D eigenvalue weighted by Crippen LogP contribution is 2.13. The molecule has 8 heteroatoms. The minimum atomic E-state index is 0.179. The van der Waals surface area contributed by atoms with E-state index in [4.69, 9.17) is 4.74 Å². The fraction of sp³-hybridized carbons (Fsp3) is 0.900. The maximum absolute atomic E-state index is 11.4. The van der Waals surface area contributed by atoms with Gasteiger partial charge < -0.3 is 20.3 Å². The van der Waals surface area contributed by atoms with Gasteiger partial charge in [-0.15, -0.1) is 0 Å². The van der Waals surface area contributed by atoms with E-state index >= 15 is 0 Å². The van der Waals surface area contributed by atoms with Crippen molar-refractivity contribution in [1.29, 1.82) is 0 Å². The zero-order valence-corrected chi connectivity index (χ0v) is 18.2. The molecule has 2 aliphatic rings. The molecule has 1 amide bonds. The van der Waals surface area contributed by atoms with Gasteiger partial charge in [-0.05, 0) is 12.3 Å². The molecule has 0 aliphatic carbocycles. The second-order valence-corrected chi connectivity index (χ2v) is 8.16. The number of guanidine groups is 1. The van der Waals surface area contributed by atoms with Crippen LogP contribution in [0.1, 0.15) is 27.2 Å². The largest absolute Gasteiger partial charge is 0.379 e. The average molecular weight is 397 g/mol. The van der Waals surface area contributed by atoms with Crippen molar-refractivity contribution in [3.05, 3.63) is 0 Å². The van der Waals surface area contributed by atoms with Gasteiger partial charge in [-0.25, -0.2) is 0 Å². The standard InChI is InChI=1S/C20H40N6O2/c1-17(2)15-19(26-11-13-28-14-12-26)16-23-20(21-4)22-5-6-24-7-9-25(10-8-24)18(3)27/h17,19H,5-16H2,1-4H3,(H2,21,22,23). The average Bonchev–Trinajstić information content (AvgIpc) is 2.70. The van der Waals surface area contributed by atoms with Gasteiger partial charge in [-0.2, -0.15) is 0 Å². The van der Waals surface area contributed by atoms with E-state index in [0.717, 1.165) is 78.1 Å². The zero-order chi connectivity index (χ0) is 20.4. The summed E-state index contributed by atoms with van der Waals surface area (Å²) in [6.07, 6.45) is 1.17. The summed E-state index contributed by atoms with van der Waals surface area (Å²) in [6.45, 7) is 16.2. The lowest BCUT2D eigenvalue weighted by molar-refractivity contribution is -0.130. The fourth-order valence-corrected chi connectivity index (χ4v) is 3.90. The second-order valence-electron chi connectivity index (χ2n) is 8.16. The highest BCUT2D eigenvalue weighted by molar-refractivity contribution is 5.79. The van der Waals surface area contributed by atoms with Crippen molar-refractivity contribution in [2.24, 2.45) is 10.9 Å². The molecule has 1 unspecified atom stereocenters. The zero-order valence-electron chi connectivity index (χ0n) is 18.2. The summed E-state index contributed by atoms with van der Waals surface area (Å²) >= 11 is 0. The monoisotopic (exact) mass is 396 g/mol. The maximum atomic E-state index is 11.4. The molecule has 2 heterocycles. The van der Waals surface area contributed by atoms with Gasteiger partial charge in [0.1, 0.15) is 0 Å². The number of nitrogens with zero attached hydrogens (tertiary/aromatic N) is 4. The van der Waals surface area contributed by atoms with Crippen molar-refractivity contribution >= 4 is 11.9 Å². The van der Waals surface area contributed by atoms with E-state index in [2.05, 4.69) is 39.3 Å². The van der Waals surface area contributed by atoms with Crippen LogP contribution < -0.4 is 10.6 Å². The van der Waals surface area contributed by atoms with Crippen LogP contribution in [0.2, 0.25) is 0 Å². The molecule has 0 saturated carbocycles. The van der Waals surface area contributed by atoms with Gasteiger partial charge in [0.05, 0.1) is 13.2 Å². The highest BCUT2D eigenvalue weighted by Gasteiger charge is 2.22. The Hall–Kier alpha value is -1.38. The van der Waals surface area contributed by atoms with Crippen LogP contribution in [0.15, 0.2) is 4.99 Å². The van der Waals surface area contributed by atoms with Gasteiger partial charge in [0.25, 0.3) is 0 Å². The van der Waals surface area contributed by atoms with Crippen LogP contribution in [0, 0.1) is 5.92 Å². The summed E-state index contributed by atoms with van der Waals surface area (Å²) in [4.78, 5) is 22.7. The number of carbonyl (C=O) groups is 1. The molecule has 0 spiro atoms. The van der Waals surface area contributed by atoms with Crippen molar-refractivity contribution in [2.45, 2.75) is 33.2 Å². The van der Waals surface area contributed by atoms with E-state index in [0.29, 0.717) is 12.0 Å².